The second-order valence-electron chi connectivity index (χ2n) is 8.23. The maximum absolute atomic E-state index is 12.5. The molecule has 2 aliphatic carbocycles. The Morgan fingerprint density at radius 3 is 2.71 bits per heavy atom. The Kier molecular flexibility index (Phi) is 5.63. The van der Waals surface area contributed by atoms with E-state index in [9.17, 15) is 4.79 Å². The van der Waals surface area contributed by atoms with E-state index in [0.29, 0.717) is 0 Å². The fourth-order valence-corrected chi connectivity index (χ4v) is 4.41. The molecule has 0 saturated heterocycles. The van der Waals surface area contributed by atoms with Crippen molar-refractivity contribution in [1.29, 1.82) is 0 Å². The number of unbranched alkanes of at least 4 members (excludes halogenated alkanes) is 1. The molecule has 0 spiro atoms. The van der Waals surface area contributed by atoms with Crippen molar-refractivity contribution in [2.75, 3.05) is 27.2 Å². The third kappa shape index (κ3) is 3.90. The van der Waals surface area contributed by atoms with Gasteiger partial charge in [0.25, 0.3) is 5.91 Å². The van der Waals surface area contributed by atoms with Crippen LogP contribution >= 0.6 is 0 Å². The highest BCUT2D eigenvalue weighted by atomic mass is 16.1. The molecule has 4 rings (SSSR count). The first-order valence-corrected chi connectivity index (χ1v) is 10.5. The number of nitrogens with zero attached hydrogens (tertiary/aromatic N) is 1. The number of amides is 1. The molecule has 1 amide bonds. The normalized spacial score (nSPS) is 14.4. The molecule has 1 N–H and O–H groups in total. The predicted octanol–water partition coefficient (Wildman–Crippen LogP) is 2.50. The third-order valence-corrected chi connectivity index (χ3v) is 5.91. The molecule has 146 valence electrons. The molecule has 0 saturated carbocycles. The van der Waals surface area contributed by atoms with Crippen LogP contribution in [0.2, 0.25) is 0 Å². The molecule has 0 bridgehead atoms. The number of carbonyl (C=O) groups excluding carboxylic acids is 1. The van der Waals surface area contributed by atoms with Crippen molar-refractivity contribution in [3.8, 4) is 0 Å². The predicted molar refractivity (Wildman–Crippen MR) is 115 cm³/mol. The van der Waals surface area contributed by atoms with Gasteiger partial charge in [-0.3, -0.25) is 4.79 Å². The molecule has 0 heterocycles. The molecule has 0 fully saturated rings. The summed E-state index contributed by atoms with van der Waals surface area (Å²) in [5.74, 6) is 0.0342. The second-order valence-corrected chi connectivity index (χ2v) is 8.23. The van der Waals surface area contributed by atoms with E-state index < -0.39 is 0 Å². The minimum atomic E-state index is 0.0342. The molecule has 2 aromatic rings. The zero-order valence-corrected chi connectivity index (χ0v) is 17.1. The molecule has 3 nitrogen and oxygen atoms in total. The van der Waals surface area contributed by atoms with Gasteiger partial charge in [0.15, 0.2) is 0 Å². The summed E-state index contributed by atoms with van der Waals surface area (Å²) in [6, 6.07) is 10.7. The first kappa shape index (κ1) is 18.9. The average molecular weight is 375 g/mol. The van der Waals surface area contributed by atoms with Crippen molar-refractivity contribution in [3.63, 3.8) is 0 Å². The molecule has 0 aliphatic heterocycles. The van der Waals surface area contributed by atoms with Gasteiger partial charge in [0.05, 0.1) is 0 Å². The van der Waals surface area contributed by atoms with E-state index in [4.69, 9.17) is 0 Å². The summed E-state index contributed by atoms with van der Waals surface area (Å²) in [5, 5.41) is 8.29. The molecule has 0 atom stereocenters. The van der Waals surface area contributed by atoms with Crippen LogP contribution in [0.3, 0.4) is 0 Å². The monoisotopic (exact) mass is 374 g/mol. The fraction of sp³-hybridized carbons (Fsp3) is 0.400. The fourth-order valence-electron chi connectivity index (χ4n) is 4.41. The van der Waals surface area contributed by atoms with Gasteiger partial charge in [0.1, 0.15) is 0 Å². The molecule has 2 aromatic carbocycles. The quantitative estimate of drug-likeness (QED) is 0.788. The Hall–Kier alpha value is -2.39. The van der Waals surface area contributed by atoms with Crippen LogP contribution < -0.4 is 15.8 Å². The molecular weight excluding hydrogens is 344 g/mol. The minimum absolute atomic E-state index is 0.0342. The molecule has 0 radical (unpaired) electrons. The lowest BCUT2D eigenvalue weighted by Gasteiger charge is -2.16. The van der Waals surface area contributed by atoms with Crippen molar-refractivity contribution in [2.45, 2.75) is 38.5 Å². The molecule has 0 unspecified atom stereocenters. The largest absolute Gasteiger partial charge is 0.352 e. The van der Waals surface area contributed by atoms with Gasteiger partial charge < -0.3 is 10.2 Å². The number of carbonyl (C=O) groups is 1. The Morgan fingerprint density at radius 1 is 1.00 bits per heavy atom. The smallest absolute Gasteiger partial charge is 0.251 e. The van der Waals surface area contributed by atoms with Crippen molar-refractivity contribution in [3.05, 3.63) is 67.9 Å². The van der Waals surface area contributed by atoms with Gasteiger partial charge in [-0.25, -0.2) is 0 Å². The third-order valence-electron chi connectivity index (χ3n) is 5.91. The molecular formula is C25H30N2O. The number of hydrogen-bond donors (Lipinski definition) is 1. The van der Waals surface area contributed by atoms with Gasteiger partial charge in [-0.1, -0.05) is 30.4 Å². The maximum Gasteiger partial charge on any atom is 0.251 e. The summed E-state index contributed by atoms with van der Waals surface area (Å²) < 4.78 is 0. The molecule has 28 heavy (non-hydrogen) atoms. The van der Waals surface area contributed by atoms with E-state index in [1.165, 1.54) is 51.3 Å². The summed E-state index contributed by atoms with van der Waals surface area (Å²) in [5.41, 5.74) is 3.78. The van der Waals surface area contributed by atoms with Crippen molar-refractivity contribution >= 4 is 18.1 Å². The van der Waals surface area contributed by atoms with Crippen LogP contribution in [0.1, 0.15) is 47.2 Å². The van der Waals surface area contributed by atoms with Crippen LogP contribution in [-0.2, 0) is 12.8 Å². The summed E-state index contributed by atoms with van der Waals surface area (Å²) in [6.45, 7) is 1.80. The van der Waals surface area contributed by atoms with Crippen LogP contribution in [0, 0.1) is 10.4 Å². The molecule has 2 aliphatic rings. The lowest BCUT2D eigenvalue weighted by atomic mass is 9.88. The van der Waals surface area contributed by atoms with Gasteiger partial charge >= 0.3 is 0 Å². The summed E-state index contributed by atoms with van der Waals surface area (Å²) in [4.78, 5) is 14.7. The van der Waals surface area contributed by atoms with E-state index in [1.54, 1.807) is 0 Å². The number of benzene rings is 2. The minimum Gasteiger partial charge on any atom is -0.352 e. The number of hydrogen-bond acceptors (Lipinski definition) is 2. The number of rotatable bonds is 6. The Bertz CT molecular complexity index is 1100. The topological polar surface area (TPSA) is 32.3 Å². The lowest BCUT2D eigenvalue weighted by Crippen LogP contribution is -2.26. The Balaban J connectivity index is 1.58. The van der Waals surface area contributed by atoms with Crippen molar-refractivity contribution in [1.82, 2.24) is 10.2 Å². The van der Waals surface area contributed by atoms with E-state index in [1.807, 2.05) is 6.07 Å². The zero-order valence-electron chi connectivity index (χ0n) is 17.1. The Labute approximate surface area is 167 Å². The summed E-state index contributed by atoms with van der Waals surface area (Å²) >= 11 is 0. The van der Waals surface area contributed by atoms with Gasteiger partial charge in [-0.15, -0.1) is 0 Å². The van der Waals surface area contributed by atoms with Crippen LogP contribution in [0.25, 0.3) is 12.2 Å². The SMILES string of the molecule is CN(C)CCCCNC(=O)c1ccc2c(c1)=CCc1c3c(ccc1=2)=CCCC3. The highest BCUT2D eigenvalue weighted by molar-refractivity contribution is 5.94. The molecule has 3 heteroatoms. The average Bonchev–Trinajstić information content (AvgIpc) is 2.72. The summed E-state index contributed by atoms with van der Waals surface area (Å²) in [7, 11) is 4.16. The van der Waals surface area contributed by atoms with Crippen LogP contribution in [0.4, 0.5) is 0 Å². The molecule has 0 aromatic heterocycles. The van der Waals surface area contributed by atoms with Crippen molar-refractivity contribution in [2.24, 2.45) is 0 Å². The maximum atomic E-state index is 12.5. The first-order valence-electron chi connectivity index (χ1n) is 10.5. The highest BCUT2D eigenvalue weighted by Crippen LogP contribution is 2.17. The standard InChI is InChI=1S/C25H30N2O/c1-27(2)16-6-5-15-26-25(28)20-11-12-22-19(17-20)10-14-23-21-8-4-3-7-18(21)9-13-24(22)23/h7,9-13,17H,3-6,8,14-16H2,1-2H3,(H,26,28). The van der Waals surface area contributed by atoms with E-state index in [0.717, 1.165) is 37.9 Å². The Morgan fingerprint density at radius 2 is 1.86 bits per heavy atom. The zero-order chi connectivity index (χ0) is 19.5. The van der Waals surface area contributed by atoms with Crippen LogP contribution in [0.15, 0.2) is 30.3 Å². The number of fused-ring (bicyclic) bond motifs is 4. The number of nitrogens with one attached hydrogen (secondary N) is 1. The van der Waals surface area contributed by atoms with E-state index in [-0.39, 0.29) is 5.91 Å². The van der Waals surface area contributed by atoms with Gasteiger partial charge in [-0.05, 0) is 103 Å². The van der Waals surface area contributed by atoms with Crippen LogP contribution in [0.5, 0.6) is 0 Å². The van der Waals surface area contributed by atoms with E-state index in [2.05, 4.69) is 60.7 Å². The van der Waals surface area contributed by atoms with Gasteiger partial charge in [0, 0.05) is 12.1 Å². The highest BCUT2D eigenvalue weighted by Gasteiger charge is 2.12. The van der Waals surface area contributed by atoms with Crippen LogP contribution in [-0.4, -0.2) is 38.0 Å². The summed E-state index contributed by atoms with van der Waals surface area (Å²) in [6.07, 6.45) is 11.4. The van der Waals surface area contributed by atoms with E-state index >= 15 is 0 Å². The van der Waals surface area contributed by atoms with Gasteiger partial charge in [-0.2, -0.15) is 0 Å². The first-order chi connectivity index (χ1) is 13.6. The van der Waals surface area contributed by atoms with Crippen molar-refractivity contribution < 1.29 is 4.79 Å². The lowest BCUT2D eigenvalue weighted by molar-refractivity contribution is 0.0952. The second kappa shape index (κ2) is 8.32. The van der Waals surface area contributed by atoms with Gasteiger partial charge in [0.2, 0.25) is 0 Å².